The first-order chi connectivity index (χ1) is 10.9. The van der Waals surface area contributed by atoms with Gasteiger partial charge < -0.3 is 14.9 Å². The van der Waals surface area contributed by atoms with Gasteiger partial charge in [0.05, 0.1) is 0 Å². The van der Waals surface area contributed by atoms with Crippen LogP contribution in [0.5, 0.6) is 5.75 Å². The van der Waals surface area contributed by atoms with Crippen molar-refractivity contribution in [3.8, 4) is 5.75 Å². The van der Waals surface area contributed by atoms with Crippen molar-refractivity contribution < 1.29 is 9.52 Å². The maximum absolute atomic E-state index is 12.1. The molecule has 1 heterocycles. The summed E-state index contributed by atoms with van der Waals surface area (Å²) in [6, 6.07) is 1.55. The van der Waals surface area contributed by atoms with E-state index in [0.29, 0.717) is 23.5 Å². The molecule has 124 valence electrons. The summed E-state index contributed by atoms with van der Waals surface area (Å²) in [7, 11) is 0. The van der Waals surface area contributed by atoms with Gasteiger partial charge in [-0.2, -0.15) is 0 Å². The van der Waals surface area contributed by atoms with Crippen LogP contribution in [0, 0.1) is 29.1 Å². The van der Waals surface area contributed by atoms with Crippen LogP contribution in [-0.4, -0.2) is 11.3 Å². The lowest BCUT2D eigenvalue weighted by atomic mass is 9.53. The Morgan fingerprint density at radius 1 is 1.35 bits per heavy atom. The van der Waals surface area contributed by atoms with Crippen LogP contribution in [0.15, 0.2) is 27.4 Å². The first-order valence-corrected chi connectivity index (χ1v) is 8.46. The van der Waals surface area contributed by atoms with E-state index in [9.17, 15) is 9.90 Å². The molecule has 1 saturated carbocycles. The predicted molar refractivity (Wildman–Crippen MR) is 90.2 cm³/mol. The van der Waals surface area contributed by atoms with E-state index in [1.807, 2.05) is 0 Å². The second kappa shape index (κ2) is 5.66. The Labute approximate surface area is 136 Å². The van der Waals surface area contributed by atoms with E-state index in [2.05, 4.69) is 32.9 Å². The van der Waals surface area contributed by atoms with Gasteiger partial charge in [0.15, 0.2) is 0 Å². The monoisotopic (exact) mass is 315 g/mol. The highest BCUT2D eigenvalue weighted by atomic mass is 16.4. The van der Waals surface area contributed by atoms with Gasteiger partial charge in [-0.05, 0) is 30.1 Å². The molecule has 0 saturated heterocycles. The lowest BCUT2D eigenvalue weighted by Gasteiger charge is -2.51. The van der Waals surface area contributed by atoms with Crippen LogP contribution in [0.4, 0.5) is 0 Å². The highest BCUT2D eigenvalue weighted by Crippen LogP contribution is 2.54. The van der Waals surface area contributed by atoms with Crippen molar-refractivity contribution in [3.05, 3.63) is 40.0 Å². The van der Waals surface area contributed by atoms with Gasteiger partial charge in [-0.3, -0.25) is 0 Å². The Morgan fingerprint density at radius 2 is 2.09 bits per heavy atom. The molecule has 0 radical (unpaired) electrons. The van der Waals surface area contributed by atoms with E-state index >= 15 is 0 Å². The third-order valence-corrected chi connectivity index (χ3v) is 6.20. The summed E-state index contributed by atoms with van der Waals surface area (Å²) >= 11 is 0. The molecule has 0 spiro atoms. The van der Waals surface area contributed by atoms with E-state index in [4.69, 9.17) is 9.83 Å². The molecule has 5 unspecified atom stereocenters. The van der Waals surface area contributed by atoms with E-state index < -0.39 is 5.63 Å². The molecule has 2 N–H and O–H groups in total. The van der Waals surface area contributed by atoms with Gasteiger partial charge in [-0.25, -0.2) is 4.79 Å². The number of rotatable bonds is 2. The van der Waals surface area contributed by atoms with Gasteiger partial charge in [0.2, 0.25) is 0 Å². The lowest BCUT2D eigenvalue weighted by molar-refractivity contribution is 0.0544. The zero-order chi connectivity index (χ0) is 16.8. The minimum atomic E-state index is -0.627. The summed E-state index contributed by atoms with van der Waals surface area (Å²) in [6.07, 6.45) is 8.99. The average Bonchev–Trinajstić information content (AvgIpc) is 2.50. The summed E-state index contributed by atoms with van der Waals surface area (Å²) in [6.45, 7) is 6.59. The molecule has 4 heteroatoms. The first kappa shape index (κ1) is 16.0. The molecule has 3 rings (SSSR count). The molecule has 1 aromatic rings. The molecule has 1 aromatic heterocycles. The van der Waals surface area contributed by atoms with Crippen LogP contribution in [0.2, 0.25) is 0 Å². The van der Waals surface area contributed by atoms with Crippen LogP contribution >= 0.6 is 0 Å². The molecule has 2 aliphatic carbocycles. The Morgan fingerprint density at radius 3 is 2.74 bits per heavy atom. The molecule has 4 nitrogen and oxygen atoms in total. The van der Waals surface area contributed by atoms with Crippen LogP contribution in [0.25, 0.3) is 0 Å². The zero-order valence-electron chi connectivity index (χ0n) is 14.0. The third-order valence-electron chi connectivity index (χ3n) is 6.20. The molecule has 0 amide bonds. The van der Waals surface area contributed by atoms with Crippen molar-refractivity contribution in [2.75, 3.05) is 0 Å². The minimum Gasteiger partial charge on any atom is -0.507 e. The first-order valence-electron chi connectivity index (χ1n) is 8.46. The van der Waals surface area contributed by atoms with Gasteiger partial charge in [0.1, 0.15) is 17.1 Å². The molecular weight excluding hydrogens is 290 g/mol. The molecule has 0 aromatic carbocycles. The van der Waals surface area contributed by atoms with E-state index in [0.717, 1.165) is 6.21 Å². The second-order valence-electron chi connectivity index (χ2n) is 7.40. The number of hydrogen-bond acceptors (Lipinski definition) is 4. The van der Waals surface area contributed by atoms with Crippen molar-refractivity contribution in [2.24, 2.45) is 23.7 Å². The zero-order valence-corrected chi connectivity index (χ0v) is 14.0. The minimum absolute atomic E-state index is 0.0791. The molecule has 2 aliphatic rings. The number of hydrogen-bond donors (Lipinski definition) is 2. The van der Waals surface area contributed by atoms with E-state index in [1.165, 1.54) is 19.3 Å². The maximum atomic E-state index is 12.1. The van der Waals surface area contributed by atoms with Crippen molar-refractivity contribution in [1.82, 2.24) is 0 Å². The smallest absolute Gasteiger partial charge is 0.348 e. The van der Waals surface area contributed by atoms with Gasteiger partial charge in [-0.15, -0.1) is 0 Å². The summed E-state index contributed by atoms with van der Waals surface area (Å²) in [5.41, 5.74) is -1.03. The van der Waals surface area contributed by atoms with Crippen molar-refractivity contribution in [3.63, 3.8) is 0 Å². The lowest BCUT2D eigenvalue weighted by Crippen LogP contribution is -2.48. The van der Waals surface area contributed by atoms with E-state index in [1.54, 1.807) is 6.07 Å². The summed E-state index contributed by atoms with van der Waals surface area (Å²) in [5, 5.41) is 17.4. The van der Waals surface area contributed by atoms with Crippen molar-refractivity contribution in [1.29, 1.82) is 5.41 Å². The van der Waals surface area contributed by atoms with Crippen LogP contribution in [-0.2, 0) is 5.41 Å². The van der Waals surface area contributed by atoms with Gasteiger partial charge in [-0.1, -0.05) is 45.8 Å². The molecule has 0 bridgehead atoms. The van der Waals surface area contributed by atoms with Crippen molar-refractivity contribution >= 4 is 6.21 Å². The Kier molecular flexibility index (Phi) is 3.95. The highest BCUT2D eigenvalue weighted by molar-refractivity contribution is 5.80. The number of aromatic hydroxyl groups is 1. The molecule has 23 heavy (non-hydrogen) atoms. The topological polar surface area (TPSA) is 74.3 Å². The summed E-state index contributed by atoms with van der Waals surface area (Å²) < 4.78 is 5.59. The van der Waals surface area contributed by atoms with Crippen molar-refractivity contribution in [2.45, 2.75) is 45.4 Å². The Balaban J connectivity index is 2.17. The standard InChI is InChI=1S/C19H25NO3/c1-11-5-4-6-13-8-7-12(2)19(3,17(11)13)16-9-15(21)14(10-20)18(22)23-16/h7-13,17,20-21H,4-6H2,1-3H3. The molecule has 5 atom stereocenters. The fraction of sp³-hybridized carbons (Fsp3) is 0.579. The molecular formula is C19H25NO3. The van der Waals surface area contributed by atoms with Gasteiger partial charge in [0.25, 0.3) is 0 Å². The Bertz CT molecular complexity index is 705. The highest BCUT2D eigenvalue weighted by Gasteiger charge is 2.50. The van der Waals surface area contributed by atoms with Gasteiger partial charge in [0, 0.05) is 17.7 Å². The van der Waals surface area contributed by atoms with Crippen LogP contribution in [0.3, 0.4) is 0 Å². The number of allylic oxidation sites excluding steroid dienone is 2. The number of fused-ring (bicyclic) bond motifs is 1. The van der Waals surface area contributed by atoms with Crippen LogP contribution < -0.4 is 5.63 Å². The quantitative estimate of drug-likeness (QED) is 0.643. The predicted octanol–water partition coefficient (Wildman–Crippen LogP) is 3.86. The normalized spacial score (nSPS) is 36.5. The summed E-state index contributed by atoms with van der Waals surface area (Å²) in [5.74, 6) is 2.04. The maximum Gasteiger partial charge on any atom is 0.348 e. The van der Waals surface area contributed by atoms with Crippen LogP contribution in [0.1, 0.15) is 51.4 Å². The number of nitrogens with one attached hydrogen (secondary N) is 1. The fourth-order valence-corrected chi connectivity index (χ4v) is 4.80. The second-order valence-corrected chi connectivity index (χ2v) is 7.40. The third kappa shape index (κ3) is 2.35. The average molecular weight is 315 g/mol. The summed E-state index contributed by atoms with van der Waals surface area (Å²) in [4.78, 5) is 12.1. The largest absolute Gasteiger partial charge is 0.507 e. The van der Waals surface area contributed by atoms with E-state index in [-0.39, 0.29) is 22.6 Å². The molecule has 0 aliphatic heterocycles. The van der Waals surface area contributed by atoms with Gasteiger partial charge >= 0.3 is 5.63 Å². The SMILES string of the molecule is CC1CCCC2C=CC(C)C(C)(c3cc(O)c(C=N)c(=O)o3)C12. The Hall–Kier alpha value is -1.84. The molecule has 1 fully saturated rings. The fourth-order valence-electron chi connectivity index (χ4n) is 4.80.